The van der Waals surface area contributed by atoms with E-state index in [1.807, 2.05) is 24.3 Å². The fourth-order valence-electron chi connectivity index (χ4n) is 2.27. The molecule has 2 rings (SSSR count). The van der Waals surface area contributed by atoms with Crippen molar-refractivity contribution in [2.24, 2.45) is 5.92 Å². The number of methoxy groups -OCH3 is 1. The fraction of sp³-hybridized carbons (Fsp3) is 0.385. The maximum Gasteiger partial charge on any atom is 0.316 e. The van der Waals surface area contributed by atoms with Gasteiger partial charge >= 0.3 is 5.97 Å². The van der Waals surface area contributed by atoms with Crippen molar-refractivity contribution in [3.8, 4) is 5.75 Å². The summed E-state index contributed by atoms with van der Waals surface area (Å²) >= 11 is 0. The SMILES string of the molecule is COc1ccc(C2CC(C(=O)O)C(=O)N2C)cc1. The van der Waals surface area contributed by atoms with Gasteiger partial charge in [0.2, 0.25) is 5.91 Å². The molecule has 1 fully saturated rings. The van der Waals surface area contributed by atoms with Gasteiger partial charge in [-0.25, -0.2) is 0 Å². The van der Waals surface area contributed by atoms with Crippen LogP contribution < -0.4 is 4.74 Å². The lowest BCUT2D eigenvalue weighted by molar-refractivity contribution is -0.147. The first-order valence-electron chi connectivity index (χ1n) is 5.68. The van der Waals surface area contributed by atoms with Crippen LogP contribution in [-0.2, 0) is 9.59 Å². The lowest BCUT2D eigenvalue weighted by atomic mass is 10.00. The zero-order valence-corrected chi connectivity index (χ0v) is 10.3. The second-order valence-corrected chi connectivity index (χ2v) is 4.36. The molecule has 0 aliphatic carbocycles. The monoisotopic (exact) mass is 249 g/mol. The van der Waals surface area contributed by atoms with Gasteiger partial charge in [0.1, 0.15) is 11.7 Å². The minimum atomic E-state index is -1.05. The summed E-state index contributed by atoms with van der Waals surface area (Å²) in [6.07, 6.45) is 0.316. The molecule has 5 nitrogen and oxygen atoms in total. The summed E-state index contributed by atoms with van der Waals surface area (Å²) in [5.41, 5.74) is 0.926. The van der Waals surface area contributed by atoms with Gasteiger partial charge in [0, 0.05) is 7.05 Å². The molecule has 1 aromatic carbocycles. The van der Waals surface area contributed by atoms with Gasteiger partial charge in [-0.2, -0.15) is 0 Å². The van der Waals surface area contributed by atoms with Crippen LogP contribution in [0, 0.1) is 5.92 Å². The Kier molecular flexibility index (Phi) is 3.23. The zero-order chi connectivity index (χ0) is 13.3. The average molecular weight is 249 g/mol. The maximum absolute atomic E-state index is 11.8. The lowest BCUT2D eigenvalue weighted by Gasteiger charge is -2.20. The van der Waals surface area contributed by atoms with Gasteiger partial charge in [0.15, 0.2) is 0 Å². The summed E-state index contributed by atoms with van der Waals surface area (Å²) in [5.74, 6) is -1.58. The molecular weight excluding hydrogens is 234 g/mol. The van der Waals surface area contributed by atoms with Crippen molar-refractivity contribution in [3.63, 3.8) is 0 Å². The third kappa shape index (κ3) is 2.03. The van der Waals surface area contributed by atoms with Crippen LogP contribution in [0.25, 0.3) is 0 Å². The Balaban J connectivity index is 2.23. The van der Waals surface area contributed by atoms with E-state index in [2.05, 4.69) is 0 Å². The van der Waals surface area contributed by atoms with Crippen molar-refractivity contribution >= 4 is 11.9 Å². The van der Waals surface area contributed by atoms with E-state index in [4.69, 9.17) is 9.84 Å². The minimum absolute atomic E-state index is 0.176. The van der Waals surface area contributed by atoms with Crippen LogP contribution in [0.1, 0.15) is 18.0 Å². The third-order valence-electron chi connectivity index (χ3n) is 3.37. The van der Waals surface area contributed by atoms with Crippen LogP contribution >= 0.6 is 0 Å². The first-order chi connectivity index (χ1) is 8.54. The second-order valence-electron chi connectivity index (χ2n) is 4.36. The first kappa shape index (κ1) is 12.4. The van der Waals surface area contributed by atoms with Crippen LogP contribution in [0.15, 0.2) is 24.3 Å². The number of ether oxygens (including phenoxy) is 1. The molecule has 0 aromatic heterocycles. The van der Waals surface area contributed by atoms with E-state index in [1.165, 1.54) is 4.90 Å². The summed E-state index contributed by atoms with van der Waals surface area (Å²) in [7, 11) is 3.22. The highest BCUT2D eigenvalue weighted by atomic mass is 16.5. The molecule has 1 aliphatic heterocycles. The van der Waals surface area contributed by atoms with Crippen LogP contribution in [0.2, 0.25) is 0 Å². The van der Waals surface area contributed by atoms with Gasteiger partial charge in [-0.15, -0.1) is 0 Å². The van der Waals surface area contributed by atoms with Crippen LogP contribution in [0.5, 0.6) is 5.75 Å². The third-order valence-corrected chi connectivity index (χ3v) is 3.37. The highest BCUT2D eigenvalue weighted by Crippen LogP contribution is 2.35. The molecule has 0 saturated carbocycles. The summed E-state index contributed by atoms with van der Waals surface area (Å²) < 4.78 is 5.06. The number of likely N-dealkylation sites (tertiary alicyclic amines) is 1. The maximum atomic E-state index is 11.8. The minimum Gasteiger partial charge on any atom is -0.497 e. The molecule has 96 valence electrons. The quantitative estimate of drug-likeness (QED) is 0.820. The average Bonchev–Trinajstić information content (AvgIpc) is 2.67. The molecule has 1 heterocycles. The largest absolute Gasteiger partial charge is 0.497 e. The van der Waals surface area contributed by atoms with Crippen molar-refractivity contribution < 1.29 is 19.4 Å². The number of hydrogen-bond acceptors (Lipinski definition) is 3. The molecule has 5 heteroatoms. The summed E-state index contributed by atoms with van der Waals surface area (Å²) in [6, 6.07) is 7.16. The van der Waals surface area contributed by atoms with Gasteiger partial charge in [-0.3, -0.25) is 9.59 Å². The van der Waals surface area contributed by atoms with Crippen molar-refractivity contribution in [1.82, 2.24) is 4.90 Å². The number of carboxylic acid groups (broad SMARTS) is 1. The molecular formula is C13H15NO4. The predicted molar refractivity (Wildman–Crippen MR) is 64.2 cm³/mol. The number of carbonyl (C=O) groups excluding carboxylic acids is 1. The highest BCUT2D eigenvalue weighted by molar-refractivity contribution is 5.98. The van der Waals surface area contributed by atoms with E-state index >= 15 is 0 Å². The Hall–Kier alpha value is -2.04. The molecule has 1 N–H and O–H groups in total. The molecule has 0 bridgehead atoms. The van der Waals surface area contributed by atoms with Crippen molar-refractivity contribution in [3.05, 3.63) is 29.8 Å². The van der Waals surface area contributed by atoms with E-state index < -0.39 is 11.9 Å². The number of carboxylic acids is 1. The molecule has 0 radical (unpaired) electrons. The first-order valence-corrected chi connectivity index (χ1v) is 5.68. The summed E-state index contributed by atoms with van der Waals surface area (Å²) in [6.45, 7) is 0. The van der Waals surface area contributed by atoms with Crippen molar-refractivity contribution in [2.45, 2.75) is 12.5 Å². The van der Waals surface area contributed by atoms with Gasteiger partial charge in [0.25, 0.3) is 0 Å². The molecule has 1 saturated heterocycles. The molecule has 1 aliphatic rings. The molecule has 0 spiro atoms. The highest BCUT2D eigenvalue weighted by Gasteiger charge is 2.42. The van der Waals surface area contributed by atoms with Crippen LogP contribution in [0.3, 0.4) is 0 Å². The van der Waals surface area contributed by atoms with E-state index in [0.29, 0.717) is 6.42 Å². The van der Waals surface area contributed by atoms with E-state index in [-0.39, 0.29) is 11.9 Å². The molecule has 1 aromatic rings. The number of aliphatic carboxylic acids is 1. The summed E-state index contributed by atoms with van der Waals surface area (Å²) in [4.78, 5) is 24.2. The fourth-order valence-corrected chi connectivity index (χ4v) is 2.27. The lowest BCUT2D eigenvalue weighted by Crippen LogP contribution is -2.27. The van der Waals surface area contributed by atoms with Gasteiger partial charge in [0.05, 0.1) is 13.2 Å². The number of hydrogen-bond donors (Lipinski definition) is 1. The summed E-state index contributed by atoms with van der Waals surface area (Å²) in [5, 5.41) is 8.98. The Morgan fingerprint density at radius 2 is 2.00 bits per heavy atom. The molecule has 18 heavy (non-hydrogen) atoms. The van der Waals surface area contributed by atoms with E-state index in [1.54, 1.807) is 14.2 Å². The smallest absolute Gasteiger partial charge is 0.316 e. The van der Waals surface area contributed by atoms with Gasteiger partial charge in [-0.1, -0.05) is 12.1 Å². The Bertz CT molecular complexity index is 468. The Morgan fingerprint density at radius 1 is 1.39 bits per heavy atom. The molecule has 2 unspecified atom stereocenters. The number of nitrogens with zero attached hydrogens (tertiary/aromatic N) is 1. The predicted octanol–water partition coefficient (Wildman–Crippen LogP) is 1.30. The van der Waals surface area contributed by atoms with E-state index in [9.17, 15) is 9.59 Å². The number of benzene rings is 1. The topological polar surface area (TPSA) is 66.8 Å². The Labute approximate surface area is 105 Å². The van der Waals surface area contributed by atoms with Gasteiger partial charge in [-0.05, 0) is 24.1 Å². The van der Waals surface area contributed by atoms with Crippen molar-refractivity contribution in [1.29, 1.82) is 0 Å². The number of rotatable bonds is 3. The second kappa shape index (κ2) is 4.68. The van der Waals surface area contributed by atoms with Gasteiger partial charge < -0.3 is 14.7 Å². The molecule has 1 amide bonds. The number of amides is 1. The number of carbonyl (C=O) groups is 2. The van der Waals surface area contributed by atoms with Crippen molar-refractivity contribution in [2.75, 3.05) is 14.2 Å². The van der Waals surface area contributed by atoms with E-state index in [0.717, 1.165) is 11.3 Å². The zero-order valence-electron chi connectivity index (χ0n) is 10.3. The standard InChI is InChI=1S/C13H15NO4/c1-14-11(7-10(12(14)15)13(16)17)8-3-5-9(18-2)6-4-8/h3-6,10-11H,7H2,1-2H3,(H,16,17). The van der Waals surface area contributed by atoms with Crippen LogP contribution in [-0.4, -0.2) is 36.0 Å². The molecule has 2 atom stereocenters. The Morgan fingerprint density at radius 3 is 2.44 bits per heavy atom. The normalized spacial score (nSPS) is 23.2. The van der Waals surface area contributed by atoms with Crippen LogP contribution in [0.4, 0.5) is 0 Å².